The summed E-state index contributed by atoms with van der Waals surface area (Å²) in [4.78, 5) is 16.2. The molecule has 4 nitrogen and oxygen atoms in total. The number of carbonyl (C=O) groups excluding carboxylic acids is 1. The number of nitrogens with one attached hydrogen (secondary N) is 1. The van der Waals surface area contributed by atoms with Gasteiger partial charge in [-0.05, 0) is 42.0 Å². The summed E-state index contributed by atoms with van der Waals surface area (Å²) >= 11 is 1.80. The highest BCUT2D eigenvalue weighted by atomic mass is 32.1. The Morgan fingerprint density at radius 3 is 2.96 bits per heavy atom. The zero-order valence-electron chi connectivity index (χ0n) is 14.0. The second-order valence-electron chi connectivity index (χ2n) is 5.97. The van der Waals surface area contributed by atoms with Gasteiger partial charge in [0.1, 0.15) is 0 Å². The van der Waals surface area contributed by atoms with Crippen LogP contribution in [0.25, 0.3) is 0 Å². The molecule has 0 bridgehead atoms. The zero-order valence-corrected chi connectivity index (χ0v) is 14.8. The van der Waals surface area contributed by atoms with Crippen molar-refractivity contribution in [2.45, 2.75) is 18.9 Å². The average Bonchev–Trinajstić information content (AvgIpc) is 3.10. The molecule has 1 aromatic heterocycles. The summed E-state index contributed by atoms with van der Waals surface area (Å²) in [6, 6.07) is 12.5. The maximum Gasteiger partial charge on any atom is 0.237 e. The Kier molecular flexibility index (Phi) is 6.01. The zero-order chi connectivity index (χ0) is 16.8. The normalized spacial score (nSPS) is 16.9. The number of methoxy groups -OCH3 is 1. The number of fused-ring (bicyclic) bond motifs is 1. The van der Waals surface area contributed by atoms with Gasteiger partial charge in [-0.15, -0.1) is 11.3 Å². The van der Waals surface area contributed by atoms with Crippen LogP contribution in [0.1, 0.15) is 28.5 Å². The van der Waals surface area contributed by atoms with E-state index in [0.717, 1.165) is 32.5 Å². The molecule has 0 saturated heterocycles. The summed E-state index contributed by atoms with van der Waals surface area (Å²) in [5, 5.41) is 5.37. The monoisotopic (exact) mass is 344 g/mol. The molecule has 5 heteroatoms. The van der Waals surface area contributed by atoms with Crippen molar-refractivity contribution in [3.8, 4) is 0 Å². The molecule has 0 radical (unpaired) electrons. The van der Waals surface area contributed by atoms with Gasteiger partial charge in [0.15, 0.2) is 0 Å². The van der Waals surface area contributed by atoms with Gasteiger partial charge in [-0.2, -0.15) is 0 Å². The predicted octanol–water partition coefficient (Wildman–Crippen LogP) is 2.85. The van der Waals surface area contributed by atoms with Gasteiger partial charge in [0.05, 0.1) is 12.6 Å². The first kappa shape index (κ1) is 17.1. The second kappa shape index (κ2) is 8.42. The first-order valence-electron chi connectivity index (χ1n) is 8.41. The molecule has 0 unspecified atom stereocenters. The molecule has 1 atom stereocenters. The fourth-order valence-corrected chi connectivity index (χ4v) is 4.12. The van der Waals surface area contributed by atoms with E-state index in [1.165, 1.54) is 16.0 Å². The summed E-state index contributed by atoms with van der Waals surface area (Å²) in [5.74, 6) is 0.165. The van der Waals surface area contributed by atoms with Crippen LogP contribution in [0.2, 0.25) is 0 Å². The number of hydrogen-bond acceptors (Lipinski definition) is 4. The number of nitrogens with zero attached hydrogens (tertiary/aromatic N) is 1. The lowest BCUT2D eigenvalue weighted by Crippen LogP contribution is -2.44. The van der Waals surface area contributed by atoms with Crippen LogP contribution in [0.15, 0.2) is 41.8 Å². The van der Waals surface area contributed by atoms with E-state index in [1.54, 1.807) is 18.4 Å². The van der Waals surface area contributed by atoms with E-state index in [1.807, 2.05) is 23.1 Å². The lowest BCUT2D eigenvalue weighted by atomic mass is 9.93. The van der Waals surface area contributed by atoms with Crippen LogP contribution in [0.5, 0.6) is 0 Å². The molecule has 1 aliphatic rings. The van der Waals surface area contributed by atoms with E-state index in [9.17, 15) is 4.79 Å². The molecule has 128 valence electrons. The Labute approximate surface area is 147 Å². The summed E-state index contributed by atoms with van der Waals surface area (Å²) < 4.78 is 5.04. The highest BCUT2D eigenvalue weighted by Gasteiger charge is 2.32. The Morgan fingerprint density at radius 1 is 1.33 bits per heavy atom. The van der Waals surface area contributed by atoms with E-state index in [4.69, 9.17) is 4.74 Å². The summed E-state index contributed by atoms with van der Waals surface area (Å²) in [7, 11) is 1.70. The number of thiophene rings is 1. The molecular weight excluding hydrogens is 320 g/mol. The largest absolute Gasteiger partial charge is 0.385 e. The lowest BCUT2D eigenvalue weighted by molar-refractivity contribution is -0.132. The number of ether oxygens (including phenoxy) is 1. The van der Waals surface area contributed by atoms with E-state index in [2.05, 4.69) is 28.9 Å². The fourth-order valence-electron chi connectivity index (χ4n) is 3.22. The third-order valence-electron chi connectivity index (χ3n) is 4.38. The van der Waals surface area contributed by atoms with Gasteiger partial charge in [0, 0.05) is 25.1 Å². The molecule has 1 amide bonds. The SMILES string of the molecule is COCCCNCC(=O)N1CCc2sccc2[C@@H]1c1ccccc1. The molecule has 0 saturated carbocycles. The second-order valence-corrected chi connectivity index (χ2v) is 6.97. The summed E-state index contributed by atoms with van der Waals surface area (Å²) in [6.45, 7) is 2.68. The Morgan fingerprint density at radius 2 is 2.17 bits per heavy atom. The van der Waals surface area contributed by atoms with E-state index >= 15 is 0 Å². The van der Waals surface area contributed by atoms with Gasteiger partial charge < -0.3 is 15.0 Å². The van der Waals surface area contributed by atoms with Crippen LogP contribution >= 0.6 is 11.3 Å². The third kappa shape index (κ3) is 3.86. The van der Waals surface area contributed by atoms with Crippen LogP contribution in [0.3, 0.4) is 0 Å². The third-order valence-corrected chi connectivity index (χ3v) is 5.38. The van der Waals surface area contributed by atoms with E-state index in [0.29, 0.717) is 6.54 Å². The number of hydrogen-bond donors (Lipinski definition) is 1. The first-order chi connectivity index (χ1) is 11.8. The van der Waals surface area contributed by atoms with Gasteiger partial charge in [0.25, 0.3) is 0 Å². The van der Waals surface area contributed by atoms with Crippen molar-refractivity contribution in [2.75, 3.05) is 33.4 Å². The number of amides is 1. The standard InChI is InChI=1S/C19H24N2O2S/c1-23-12-5-10-20-14-18(22)21-11-8-17-16(9-13-24-17)19(21)15-6-3-2-4-7-15/h2-4,6-7,9,13,19-20H,5,8,10-12,14H2,1H3/t19-/m0/s1. The van der Waals surface area contributed by atoms with Crippen LogP contribution in [-0.2, 0) is 16.0 Å². The number of carbonyl (C=O) groups is 1. The lowest BCUT2D eigenvalue weighted by Gasteiger charge is -2.36. The minimum Gasteiger partial charge on any atom is -0.385 e. The Hall–Kier alpha value is -1.69. The van der Waals surface area contributed by atoms with E-state index in [-0.39, 0.29) is 11.9 Å². The molecular formula is C19H24N2O2S. The fraction of sp³-hybridized carbons (Fsp3) is 0.421. The van der Waals surface area contributed by atoms with Crippen molar-refractivity contribution in [1.82, 2.24) is 10.2 Å². The Balaban J connectivity index is 1.73. The highest BCUT2D eigenvalue weighted by Crippen LogP contribution is 2.37. The van der Waals surface area contributed by atoms with Gasteiger partial charge in [0.2, 0.25) is 5.91 Å². The predicted molar refractivity (Wildman–Crippen MR) is 97.4 cm³/mol. The number of benzene rings is 1. The highest BCUT2D eigenvalue weighted by molar-refractivity contribution is 7.10. The maximum absolute atomic E-state index is 12.8. The minimum absolute atomic E-state index is 0.0366. The number of rotatable bonds is 7. The van der Waals surface area contributed by atoms with Gasteiger partial charge >= 0.3 is 0 Å². The van der Waals surface area contributed by atoms with Gasteiger partial charge in [-0.25, -0.2) is 0 Å². The minimum atomic E-state index is 0.0366. The van der Waals surface area contributed by atoms with Gasteiger partial charge in [-0.3, -0.25) is 4.79 Å². The topological polar surface area (TPSA) is 41.6 Å². The van der Waals surface area contributed by atoms with Crippen molar-refractivity contribution in [3.63, 3.8) is 0 Å². The molecule has 2 aromatic rings. The van der Waals surface area contributed by atoms with Crippen molar-refractivity contribution >= 4 is 17.2 Å². The van der Waals surface area contributed by atoms with Crippen molar-refractivity contribution in [3.05, 3.63) is 57.8 Å². The average molecular weight is 344 g/mol. The van der Waals surface area contributed by atoms with Crippen molar-refractivity contribution in [1.29, 1.82) is 0 Å². The molecule has 1 N–H and O–H groups in total. The summed E-state index contributed by atoms with van der Waals surface area (Å²) in [6.07, 6.45) is 1.87. The van der Waals surface area contributed by atoms with Gasteiger partial charge in [-0.1, -0.05) is 30.3 Å². The van der Waals surface area contributed by atoms with E-state index < -0.39 is 0 Å². The van der Waals surface area contributed by atoms with Crippen molar-refractivity contribution in [2.24, 2.45) is 0 Å². The van der Waals surface area contributed by atoms with Crippen LogP contribution in [0.4, 0.5) is 0 Å². The van der Waals surface area contributed by atoms with Crippen LogP contribution < -0.4 is 5.32 Å². The van der Waals surface area contributed by atoms with Crippen LogP contribution in [0, 0.1) is 0 Å². The molecule has 1 aromatic carbocycles. The molecule has 1 aliphatic heterocycles. The quantitative estimate of drug-likeness (QED) is 0.786. The molecule has 3 rings (SSSR count). The molecule has 0 aliphatic carbocycles. The van der Waals surface area contributed by atoms with Crippen molar-refractivity contribution < 1.29 is 9.53 Å². The first-order valence-corrected chi connectivity index (χ1v) is 9.29. The summed E-state index contributed by atoms with van der Waals surface area (Å²) in [5.41, 5.74) is 2.47. The smallest absolute Gasteiger partial charge is 0.237 e. The molecule has 0 spiro atoms. The molecule has 0 fully saturated rings. The van der Waals surface area contributed by atoms with Crippen LogP contribution in [-0.4, -0.2) is 44.2 Å². The molecule has 24 heavy (non-hydrogen) atoms. The molecule has 2 heterocycles. The maximum atomic E-state index is 12.8. The Bertz CT molecular complexity index is 656.